The van der Waals surface area contributed by atoms with Crippen molar-refractivity contribution in [3.63, 3.8) is 0 Å². The zero-order valence-electron chi connectivity index (χ0n) is 15.9. The molecule has 1 heterocycles. The van der Waals surface area contributed by atoms with Crippen LogP contribution >= 0.6 is 0 Å². The number of nitrogens with one attached hydrogen (secondary N) is 3. The number of carbonyl (C=O) groups is 3. The van der Waals surface area contributed by atoms with E-state index in [-0.39, 0.29) is 12.1 Å². The van der Waals surface area contributed by atoms with E-state index in [9.17, 15) is 14.4 Å². The van der Waals surface area contributed by atoms with Crippen LogP contribution in [0.3, 0.4) is 0 Å². The van der Waals surface area contributed by atoms with Crippen molar-refractivity contribution in [3.05, 3.63) is 29.3 Å². The van der Waals surface area contributed by atoms with Gasteiger partial charge in [0.05, 0.1) is 6.61 Å². The van der Waals surface area contributed by atoms with Gasteiger partial charge < -0.3 is 14.8 Å². The minimum absolute atomic E-state index is 0.101. The number of hydrogen-bond donors (Lipinski definition) is 3. The van der Waals surface area contributed by atoms with Gasteiger partial charge >= 0.3 is 11.8 Å². The first-order valence-electron chi connectivity index (χ1n) is 8.85. The molecule has 8 nitrogen and oxygen atoms in total. The molecule has 0 aromatic heterocycles. The van der Waals surface area contributed by atoms with Crippen LogP contribution in [-0.4, -0.2) is 36.5 Å². The lowest BCUT2D eigenvalue weighted by Gasteiger charge is -2.10. The summed E-state index contributed by atoms with van der Waals surface area (Å²) in [5, 5.41) is 2.42. The minimum atomic E-state index is -0.944. The van der Waals surface area contributed by atoms with E-state index in [1.165, 1.54) is 6.08 Å². The molecule has 1 aliphatic rings. The first kappa shape index (κ1) is 20.3. The quantitative estimate of drug-likeness (QED) is 0.406. The molecule has 146 valence electrons. The molecule has 1 aliphatic heterocycles. The summed E-state index contributed by atoms with van der Waals surface area (Å²) in [5.74, 6) is -0.931. The third kappa shape index (κ3) is 5.73. The number of hydrazine groups is 1. The second-order valence-corrected chi connectivity index (χ2v) is 6.47. The maximum Gasteiger partial charge on any atom is 0.327 e. The van der Waals surface area contributed by atoms with Gasteiger partial charge in [-0.1, -0.05) is 0 Å². The van der Waals surface area contributed by atoms with E-state index in [1.807, 2.05) is 26.0 Å². The fourth-order valence-corrected chi connectivity index (χ4v) is 2.58. The lowest BCUT2D eigenvalue weighted by molar-refractivity contribution is -0.140. The average Bonchev–Trinajstić information content (AvgIpc) is 2.96. The summed E-state index contributed by atoms with van der Waals surface area (Å²) >= 11 is 0. The summed E-state index contributed by atoms with van der Waals surface area (Å²) in [6.45, 7) is 7.81. The van der Waals surface area contributed by atoms with E-state index < -0.39 is 17.7 Å². The largest absolute Gasteiger partial charge is 0.493 e. The topological polar surface area (TPSA) is 106 Å². The van der Waals surface area contributed by atoms with Crippen molar-refractivity contribution < 1.29 is 23.9 Å². The summed E-state index contributed by atoms with van der Waals surface area (Å²) in [6, 6.07) is 3.56. The fraction of sp³-hybridized carbons (Fsp3) is 0.421. The lowest BCUT2D eigenvalue weighted by atomic mass is 10.1. The summed E-state index contributed by atoms with van der Waals surface area (Å²) in [6.07, 6.45) is 3.71. The van der Waals surface area contributed by atoms with Crippen molar-refractivity contribution in [2.24, 2.45) is 0 Å². The Morgan fingerprint density at radius 3 is 2.67 bits per heavy atom. The van der Waals surface area contributed by atoms with E-state index in [0.29, 0.717) is 17.9 Å². The predicted octanol–water partition coefficient (Wildman–Crippen LogP) is 1.09. The van der Waals surface area contributed by atoms with Crippen molar-refractivity contribution in [1.29, 1.82) is 0 Å². The monoisotopic (exact) mass is 375 g/mol. The van der Waals surface area contributed by atoms with Crippen LogP contribution in [-0.2, 0) is 20.8 Å². The second-order valence-electron chi connectivity index (χ2n) is 6.47. The first-order chi connectivity index (χ1) is 12.8. The average molecular weight is 375 g/mol. The second kappa shape index (κ2) is 9.07. The zero-order chi connectivity index (χ0) is 20.0. The molecular weight excluding hydrogens is 350 g/mol. The molecule has 1 aromatic rings. The molecule has 0 saturated heterocycles. The Hall–Kier alpha value is -3.03. The number of rotatable bonds is 5. The van der Waals surface area contributed by atoms with Crippen LogP contribution in [0, 0.1) is 0 Å². The lowest BCUT2D eigenvalue weighted by Crippen LogP contribution is -2.49. The molecule has 0 fully saturated rings. The van der Waals surface area contributed by atoms with Gasteiger partial charge in [0.15, 0.2) is 0 Å². The first-order valence-corrected chi connectivity index (χ1v) is 8.85. The van der Waals surface area contributed by atoms with Gasteiger partial charge in [-0.05, 0) is 45.9 Å². The van der Waals surface area contributed by atoms with Gasteiger partial charge in [-0.3, -0.25) is 25.2 Å². The molecule has 1 atom stereocenters. The van der Waals surface area contributed by atoms with Crippen molar-refractivity contribution >= 4 is 23.8 Å². The number of hydrogen-bond acceptors (Lipinski definition) is 5. The predicted molar refractivity (Wildman–Crippen MR) is 100 cm³/mol. The SMILES string of the molecule is CCOc1cc2c(cc1/C=C/C(=O)NNC(=O)C(=O)NC(C)C)O[C@H](C)C2. The Morgan fingerprint density at radius 1 is 1.26 bits per heavy atom. The van der Waals surface area contributed by atoms with E-state index in [4.69, 9.17) is 9.47 Å². The van der Waals surface area contributed by atoms with Gasteiger partial charge in [0.25, 0.3) is 5.91 Å². The van der Waals surface area contributed by atoms with Crippen LogP contribution in [0.5, 0.6) is 11.5 Å². The number of fused-ring (bicyclic) bond motifs is 1. The Bertz CT molecular complexity index is 758. The molecule has 3 N–H and O–H groups in total. The van der Waals surface area contributed by atoms with Crippen molar-refractivity contribution in [2.75, 3.05) is 6.61 Å². The summed E-state index contributed by atoms with van der Waals surface area (Å²) in [4.78, 5) is 34.9. The van der Waals surface area contributed by atoms with Crippen LogP contribution < -0.4 is 25.6 Å². The third-order valence-electron chi connectivity index (χ3n) is 3.67. The van der Waals surface area contributed by atoms with Crippen molar-refractivity contribution in [1.82, 2.24) is 16.2 Å². The molecule has 2 rings (SSSR count). The van der Waals surface area contributed by atoms with Gasteiger partial charge in [0, 0.05) is 29.7 Å². The van der Waals surface area contributed by atoms with Gasteiger partial charge in [-0.15, -0.1) is 0 Å². The Labute approximate surface area is 158 Å². The van der Waals surface area contributed by atoms with Gasteiger partial charge in [-0.25, -0.2) is 0 Å². The smallest absolute Gasteiger partial charge is 0.327 e. The maximum atomic E-state index is 11.9. The fourth-order valence-electron chi connectivity index (χ4n) is 2.58. The molecule has 27 heavy (non-hydrogen) atoms. The molecule has 0 unspecified atom stereocenters. The van der Waals surface area contributed by atoms with Gasteiger partial charge in [-0.2, -0.15) is 0 Å². The van der Waals surface area contributed by atoms with Gasteiger partial charge in [0.1, 0.15) is 17.6 Å². The van der Waals surface area contributed by atoms with Crippen LogP contribution in [0.15, 0.2) is 18.2 Å². The highest BCUT2D eigenvalue weighted by molar-refractivity contribution is 6.35. The third-order valence-corrected chi connectivity index (χ3v) is 3.67. The van der Waals surface area contributed by atoms with Crippen molar-refractivity contribution in [3.8, 4) is 11.5 Å². The molecule has 0 spiro atoms. The van der Waals surface area contributed by atoms with Gasteiger partial charge in [0.2, 0.25) is 0 Å². The minimum Gasteiger partial charge on any atom is -0.493 e. The number of ether oxygens (including phenoxy) is 2. The van der Waals surface area contributed by atoms with Crippen LogP contribution in [0.25, 0.3) is 6.08 Å². The molecule has 0 radical (unpaired) electrons. The molecular formula is C19H25N3O5. The number of amides is 3. The Balaban J connectivity index is 2.00. The van der Waals surface area contributed by atoms with E-state index in [1.54, 1.807) is 19.9 Å². The zero-order valence-corrected chi connectivity index (χ0v) is 15.9. The maximum absolute atomic E-state index is 11.9. The Morgan fingerprint density at radius 2 is 2.00 bits per heavy atom. The van der Waals surface area contributed by atoms with E-state index in [0.717, 1.165) is 17.7 Å². The summed E-state index contributed by atoms with van der Waals surface area (Å²) in [5.41, 5.74) is 5.96. The van der Waals surface area contributed by atoms with Crippen LogP contribution in [0.2, 0.25) is 0 Å². The van der Waals surface area contributed by atoms with Crippen LogP contribution in [0.1, 0.15) is 38.8 Å². The molecule has 8 heteroatoms. The molecule has 0 saturated carbocycles. The molecule has 0 aliphatic carbocycles. The van der Waals surface area contributed by atoms with Crippen molar-refractivity contribution in [2.45, 2.75) is 46.3 Å². The summed E-state index contributed by atoms with van der Waals surface area (Å²) < 4.78 is 11.4. The highest BCUT2D eigenvalue weighted by Gasteiger charge is 2.21. The number of benzene rings is 1. The van der Waals surface area contributed by atoms with Crippen LogP contribution in [0.4, 0.5) is 0 Å². The molecule has 3 amide bonds. The normalized spacial score (nSPS) is 15.2. The highest BCUT2D eigenvalue weighted by Crippen LogP contribution is 2.35. The number of carbonyl (C=O) groups excluding carboxylic acids is 3. The molecule has 0 bridgehead atoms. The highest BCUT2D eigenvalue weighted by atomic mass is 16.5. The van der Waals surface area contributed by atoms with E-state index >= 15 is 0 Å². The molecule has 1 aromatic carbocycles. The summed E-state index contributed by atoms with van der Waals surface area (Å²) in [7, 11) is 0. The standard InChI is InChI=1S/C19H25N3O5/c1-5-26-15-10-14-8-12(4)27-16(14)9-13(15)6-7-17(23)21-22-19(25)18(24)20-11(2)3/h6-7,9-12H,5,8H2,1-4H3,(H,20,24)(H,21,23)(H,22,25)/b7-6+/t12-/m1/s1. The Kier molecular flexibility index (Phi) is 6.81. The van der Waals surface area contributed by atoms with E-state index in [2.05, 4.69) is 16.2 Å².